The predicted octanol–water partition coefficient (Wildman–Crippen LogP) is 1.92. The summed E-state index contributed by atoms with van der Waals surface area (Å²) in [5, 5.41) is 0.436. The molecular formula is C13H13NO3. The number of aromatic nitrogens is 1. The highest BCUT2D eigenvalue weighted by Gasteiger charge is 2.07. The number of fused-ring (bicyclic) bond motifs is 1. The summed E-state index contributed by atoms with van der Waals surface area (Å²) in [7, 11) is 0. The molecule has 4 nitrogen and oxygen atoms in total. The summed E-state index contributed by atoms with van der Waals surface area (Å²) in [5.74, 6) is -0.599. The Labute approximate surface area is 97.8 Å². The van der Waals surface area contributed by atoms with Gasteiger partial charge < -0.3 is 4.42 Å². The van der Waals surface area contributed by atoms with E-state index in [4.69, 9.17) is 0 Å². The van der Waals surface area contributed by atoms with Crippen LogP contribution in [-0.2, 0) is 6.54 Å². The third kappa shape index (κ3) is 2.20. The first-order chi connectivity index (χ1) is 8.24. The molecule has 0 N–H and O–H groups in total. The second-order valence-corrected chi connectivity index (χ2v) is 3.76. The molecule has 0 aliphatic carbocycles. The highest BCUT2D eigenvalue weighted by Crippen LogP contribution is 2.08. The molecule has 0 fully saturated rings. The van der Waals surface area contributed by atoms with Crippen LogP contribution in [0.5, 0.6) is 0 Å². The number of hydrogen-bond acceptors (Lipinski definition) is 3. The van der Waals surface area contributed by atoms with Gasteiger partial charge in [-0.05, 0) is 25.0 Å². The summed E-state index contributed by atoms with van der Waals surface area (Å²) >= 11 is 0. The highest BCUT2D eigenvalue weighted by molar-refractivity contribution is 5.77. The number of hydrogen-bond donors (Lipinski definition) is 0. The van der Waals surface area contributed by atoms with E-state index in [0.717, 1.165) is 12.8 Å². The molecule has 0 amide bonds. The molecule has 2 aromatic rings. The van der Waals surface area contributed by atoms with Crippen molar-refractivity contribution in [2.75, 3.05) is 0 Å². The summed E-state index contributed by atoms with van der Waals surface area (Å²) < 4.78 is 6.16. The van der Waals surface area contributed by atoms with Crippen LogP contribution in [-0.4, -0.2) is 4.57 Å². The molecule has 0 unspecified atom stereocenters. The SMILES string of the molecule is C=CCCCn1c(=O)oc(=O)c2ccccc21. The summed E-state index contributed by atoms with van der Waals surface area (Å²) in [4.78, 5) is 23.1. The predicted molar refractivity (Wildman–Crippen MR) is 66.2 cm³/mol. The maximum atomic E-state index is 11.6. The molecular weight excluding hydrogens is 218 g/mol. The van der Waals surface area contributed by atoms with Crippen LogP contribution in [0, 0.1) is 0 Å². The van der Waals surface area contributed by atoms with Gasteiger partial charge in [0.2, 0.25) is 0 Å². The molecule has 0 aliphatic heterocycles. The molecule has 2 rings (SSSR count). The number of para-hydroxylation sites is 1. The molecule has 0 aliphatic rings. The Morgan fingerprint density at radius 1 is 1.29 bits per heavy atom. The van der Waals surface area contributed by atoms with Crippen LogP contribution in [0.25, 0.3) is 10.9 Å². The van der Waals surface area contributed by atoms with Crippen molar-refractivity contribution in [1.82, 2.24) is 4.57 Å². The monoisotopic (exact) mass is 231 g/mol. The molecule has 0 saturated heterocycles. The third-order valence-corrected chi connectivity index (χ3v) is 2.61. The largest absolute Gasteiger partial charge is 0.422 e. The van der Waals surface area contributed by atoms with Gasteiger partial charge in [-0.1, -0.05) is 18.2 Å². The van der Waals surface area contributed by atoms with Crippen molar-refractivity contribution >= 4 is 10.9 Å². The van der Waals surface area contributed by atoms with Gasteiger partial charge in [-0.25, -0.2) is 9.59 Å². The number of unbranched alkanes of at least 4 members (excludes halogenated alkanes) is 1. The number of rotatable bonds is 4. The fraction of sp³-hybridized carbons (Fsp3) is 0.231. The molecule has 1 aromatic heterocycles. The zero-order valence-electron chi connectivity index (χ0n) is 9.39. The van der Waals surface area contributed by atoms with Crippen molar-refractivity contribution in [1.29, 1.82) is 0 Å². The van der Waals surface area contributed by atoms with E-state index in [-0.39, 0.29) is 0 Å². The number of aryl methyl sites for hydroxylation is 1. The fourth-order valence-electron chi connectivity index (χ4n) is 1.77. The first-order valence-electron chi connectivity index (χ1n) is 5.47. The summed E-state index contributed by atoms with van der Waals surface area (Å²) in [6, 6.07) is 6.95. The summed E-state index contributed by atoms with van der Waals surface area (Å²) in [6.45, 7) is 4.15. The zero-order chi connectivity index (χ0) is 12.3. The lowest BCUT2D eigenvalue weighted by Gasteiger charge is -2.06. The van der Waals surface area contributed by atoms with E-state index in [2.05, 4.69) is 11.0 Å². The normalized spacial score (nSPS) is 10.6. The minimum absolute atomic E-state index is 0.436. The van der Waals surface area contributed by atoms with Crippen molar-refractivity contribution in [3.63, 3.8) is 0 Å². The van der Waals surface area contributed by atoms with E-state index in [1.54, 1.807) is 30.3 Å². The molecule has 0 radical (unpaired) electrons. The first kappa shape index (κ1) is 11.4. The fourth-order valence-corrected chi connectivity index (χ4v) is 1.77. The van der Waals surface area contributed by atoms with Crippen LogP contribution in [0.15, 0.2) is 50.9 Å². The van der Waals surface area contributed by atoms with E-state index >= 15 is 0 Å². The van der Waals surface area contributed by atoms with Crippen LogP contribution < -0.4 is 11.4 Å². The van der Waals surface area contributed by atoms with Crippen molar-refractivity contribution in [3.8, 4) is 0 Å². The van der Waals surface area contributed by atoms with E-state index in [1.807, 2.05) is 0 Å². The van der Waals surface area contributed by atoms with Crippen molar-refractivity contribution in [2.24, 2.45) is 0 Å². The Morgan fingerprint density at radius 3 is 2.82 bits per heavy atom. The van der Waals surface area contributed by atoms with Crippen LogP contribution in [0.2, 0.25) is 0 Å². The number of nitrogens with zero attached hydrogens (tertiary/aromatic N) is 1. The van der Waals surface area contributed by atoms with Gasteiger partial charge in [-0.3, -0.25) is 4.57 Å². The summed E-state index contributed by atoms with van der Waals surface area (Å²) in [5.41, 5.74) is 0.0448. The number of allylic oxidation sites excluding steroid dienone is 1. The molecule has 0 saturated carbocycles. The summed E-state index contributed by atoms with van der Waals surface area (Å²) in [6.07, 6.45) is 3.41. The van der Waals surface area contributed by atoms with Crippen molar-refractivity contribution in [3.05, 3.63) is 57.9 Å². The quantitative estimate of drug-likeness (QED) is 0.596. The van der Waals surface area contributed by atoms with Gasteiger partial charge in [0.25, 0.3) is 0 Å². The van der Waals surface area contributed by atoms with Gasteiger partial charge >= 0.3 is 11.4 Å². The molecule has 1 aromatic carbocycles. The van der Waals surface area contributed by atoms with E-state index in [9.17, 15) is 9.59 Å². The van der Waals surface area contributed by atoms with Gasteiger partial charge in [0.1, 0.15) is 0 Å². The van der Waals surface area contributed by atoms with Gasteiger partial charge in [-0.15, -0.1) is 6.58 Å². The average molecular weight is 231 g/mol. The smallest absolute Gasteiger partial charge is 0.372 e. The van der Waals surface area contributed by atoms with Crippen molar-refractivity contribution < 1.29 is 4.42 Å². The van der Waals surface area contributed by atoms with Gasteiger partial charge in [0.05, 0.1) is 10.9 Å². The Balaban J connectivity index is 2.57. The zero-order valence-corrected chi connectivity index (χ0v) is 9.39. The Morgan fingerprint density at radius 2 is 2.06 bits per heavy atom. The maximum Gasteiger partial charge on any atom is 0.422 e. The van der Waals surface area contributed by atoms with Crippen molar-refractivity contribution in [2.45, 2.75) is 19.4 Å². The van der Waals surface area contributed by atoms with Gasteiger partial charge in [0.15, 0.2) is 0 Å². The average Bonchev–Trinajstić information content (AvgIpc) is 2.33. The molecule has 1 heterocycles. The van der Waals surface area contributed by atoms with Crippen LogP contribution >= 0.6 is 0 Å². The minimum Gasteiger partial charge on any atom is -0.372 e. The lowest BCUT2D eigenvalue weighted by atomic mass is 10.2. The Kier molecular flexibility index (Phi) is 3.23. The van der Waals surface area contributed by atoms with E-state index in [1.165, 1.54) is 4.57 Å². The molecule has 0 spiro atoms. The first-order valence-corrected chi connectivity index (χ1v) is 5.47. The van der Waals surface area contributed by atoms with E-state index < -0.39 is 11.4 Å². The van der Waals surface area contributed by atoms with Gasteiger partial charge in [-0.2, -0.15) is 0 Å². The molecule has 4 heteroatoms. The Bertz CT molecular complexity index is 651. The van der Waals surface area contributed by atoms with Crippen LogP contribution in [0.4, 0.5) is 0 Å². The molecule has 17 heavy (non-hydrogen) atoms. The third-order valence-electron chi connectivity index (χ3n) is 2.61. The minimum atomic E-state index is -0.599. The van der Waals surface area contributed by atoms with Crippen LogP contribution in [0.1, 0.15) is 12.8 Å². The molecule has 0 atom stereocenters. The standard InChI is InChI=1S/C13H13NO3/c1-2-3-6-9-14-11-8-5-4-7-10(11)12(15)17-13(14)16/h2,4-5,7-8H,1,3,6,9H2. The molecule has 88 valence electrons. The second kappa shape index (κ2) is 4.82. The lowest BCUT2D eigenvalue weighted by molar-refractivity contribution is 0.413. The topological polar surface area (TPSA) is 52.2 Å². The highest BCUT2D eigenvalue weighted by atomic mass is 16.4. The van der Waals surface area contributed by atoms with Gasteiger partial charge in [0, 0.05) is 6.54 Å². The van der Waals surface area contributed by atoms with Crippen LogP contribution in [0.3, 0.4) is 0 Å². The second-order valence-electron chi connectivity index (χ2n) is 3.76. The maximum absolute atomic E-state index is 11.6. The Hall–Kier alpha value is -2.10. The molecule has 0 bridgehead atoms. The lowest BCUT2D eigenvalue weighted by Crippen LogP contribution is -2.25. The number of benzene rings is 1. The van der Waals surface area contributed by atoms with E-state index in [0.29, 0.717) is 17.4 Å².